The Morgan fingerprint density at radius 1 is 1.29 bits per heavy atom. The number of rotatable bonds is 4. The van der Waals surface area contributed by atoms with Crippen molar-refractivity contribution in [3.05, 3.63) is 12.7 Å². The molecule has 0 bridgehead atoms. The van der Waals surface area contributed by atoms with E-state index in [4.69, 9.17) is 4.74 Å². The van der Waals surface area contributed by atoms with Gasteiger partial charge in [0, 0.05) is 25.1 Å². The lowest BCUT2D eigenvalue weighted by Gasteiger charge is -2.26. The van der Waals surface area contributed by atoms with Crippen LogP contribution in [0, 0.1) is 5.92 Å². The maximum Gasteiger partial charge on any atom is 0.165 e. The van der Waals surface area contributed by atoms with Crippen molar-refractivity contribution in [2.45, 2.75) is 44.8 Å². The van der Waals surface area contributed by atoms with E-state index in [1.807, 2.05) is 6.33 Å². The lowest BCUT2D eigenvalue weighted by molar-refractivity contribution is 0.0141. The number of anilines is 1. The highest BCUT2D eigenvalue weighted by molar-refractivity contribution is 5.82. The second-order valence-corrected chi connectivity index (χ2v) is 6.60. The number of fused-ring (bicyclic) bond motifs is 1. The zero-order valence-electron chi connectivity index (χ0n) is 12.5. The zero-order valence-corrected chi connectivity index (χ0v) is 12.5. The molecule has 1 aliphatic heterocycles. The van der Waals surface area contributed by atoms with Gasteiger partial charge in [0.1, 0.15) is 11.8 Å². The first-order valence-electron chi connectivity index (χ1n) is 7.70. The van der Waals surface area contributed by atoms with E-state index in [9.17, 15) is 0 Å². The number of nitrogens with zero attached hydrogens (tertiary/aromatic N) is 4. The van der Waals surface area contributed by atoms with Crippen LogP contribution in [0.1, 0.15) is 39.2 Å². The molecule has 6 heteroatoms. The summed E-state index contributed by atoms with van der Waals surface area (Å²) in [6.07, 6.45) is 7.06. The smallest absolute Gasteiger partial charge is 0.165 e. The Bertz CT molecular complexity index is 661. The SMILES string of the molecule is CC1(C)OCCC1CNc1ncnc2c1ncn2C1CC1. The normalized spacial score (nSPS) is 24.6. The van der Waals surface area contributed by atoms with Crippen molar-refractivity contribution >= 4 is 17.0 Å². The Kier molecular flexibility index (Phi) is 2.89. The molecule has 4 rings (SSSR count). The third kappa shape index (κ3) is 2.27. The molecule has 0 amide bonds. The lowest BCUT2D eigenvalue weighted by Crippen LogP contribution is -2.32. The molecule has 1 N–H and O–H groups in total. The highest BCUT2D eigenvalue weighted by Gasteiger charge is 2.35. The Morgan fingerprint density at radius 3 is 2.86 bits per heavy atom. The second-order valence-electron chi connectivity index (χ2n) is 6.60. The molecule has 0 radical (unpaired) electrons. The van der Waals surface area contributed by atoms with E-state index in [0.29, 0.717) is 12.0 Å². The van der Waals surface area contributed by atoms with E-state index in [0.717, 1.165) is 36.6 Å². The van der Waals surface area contributed by atoms with E-state index in [1.165, 1.54) is 12.8 Å². The first kappa shape index (κ1) is 13.0. The molecule has 1 saturated heterocycles. The molecule has 3 heterocycles. The van der Waals surface area contributed by atoms with Crippen LogP contribution in [0.5, 0.6) is 0 Å². The van der Waals surface area contributed by atoms with Crippen molar-refractivity contribution in [2.75, 3.05) is 18.5 Å². The Morgan fingerprint density at radius 2 is 2.14 bits per heavy atom. The monoisotopic (exact) mass is 287 g/mol. The predicted molar refractivity (Wildman–Crippen MR) is 80.2 cm³/mol. The largest absolute Gasteiger partial charge is 0.375 e. The van der Waals surface area contributed by atoms with Crippen LogP contribution in [-0.2, 0) is 4.74 Å². The molecule has 6 nitrogen and oxygen atoms in total. The van der Waals surface area contributed by atoms with Gasteiger partial charge in [0.25, 0.3) is 0 Å². The van der Waals surface area contributed by atoms with Crippen molar-refractivity contribution in [2.24, 2.45) is 5.92 Å². The van der Waals surface area contributed by atoms with Gasteiger partial charge in [-0.15, -0.1) is 0 Å². The number of aromatic nitrogens is 4. The maximum atomic E-state index is 5.78. The molecule has 2 fully saturated rings. The Balaban J connectivity index is 1.56. The summed E-state index contributed by atoms with van der Waals surface area (Å²) >= 11 is 0. The van der Waals surface area contributed by atoms with Gasteiger partial charge >= 0.3 is 0 Å². The predicted octanol–water partition coefficient (Wildman–Crippen LogP) is 2.39. The molecular formula is C15H21N5O. The van der Waals surface area contributed by atoms with E-state index in [2.05, 4.69) is 38.7 Å². The van der Waals surface area contributed by atoms with E-state index >= 15 is 0 Å². The third-order valence-corrected chi connectivity index (χ3v) is 4.74. The summed E-state index contributed by atoms with van der Waals surface area (Å²) in [4.78, 5) is 13.3. The summed E-state index contributed by atoms with van der Waals surface area (Å²) in [5.74, 6) is 1.33. The van der Waals surface area contributed by atoms with E-state index in [-0.39, 0.29) is 5.60 Å². The molecule has 2 aliphatic rings. The van der Waals surface area contributed by atoms with Crippen molar-refractivity contribution in [1.29, 1.82) is 0 Å². The number of imidazole rings is 1. The van der Waals surface area contributed by atoms with Crippen molar-refractivity contribution < 1.29 is 4.74 Å². The quantitative estimate of drug-likeness (QED) is 0.935. The maximum absolute atomic E-state index is 5.78. The molecule has 1 saturated carbocycles. The molecule has 1 atom stereocenters. The van der Waals surface area contributed by atoms with E-state index < -0.39 is 0 Å². The highest BCUT2D eigenvalue weighted by Crippen LogP contribution is 2.37. The van der Waals surface area contributed by atoms with Crippen LogP contribution in [0.4, 0.5) is 5.82 Å². The highest BCUT2D eigenvalue weighted by atomic mass is 16.5. The number of hydrogen-bond donors (Lipinski definition) is 1. The number of hydrogen-bond acceptors (Lipinski definition) is 5. The summed E-state index contributed by atoms with van der Waals surface area (Å²) in [6, 6.07) is 0.583. The fourth-order valence-corrected chi connectivity index (χ4v) is 3.10. The first-order chi connectivity index (χ1) is 10.1. The van der Waals surface area contributed by atoms with Gasteiger partial charge in [0.2, 0.25) is 0 Å². The van der Waals surface area contributed by atoms with Crippen LogP contribution in [0.25, 0.3) is 11.2 Å². The Labute approximate surface area is 123 Å². The fourth-order valence-electron chi connectivity index (χ4n) is 3.10. The average Bonchev–Trinajstić information content (AvgIpc) is 3.12. The molecule has 21 heavy (non-hydrogen) atoms. The van der Waals surface area contributed by atoms with Crippen LogP contribution >= 0.6 is 0 Å². The van der Waals surface area contributed by atoms with Crippen LogP contribution in [0.2, 0.25) is 0 Å². The summed E-state index contributed by atoms with van der Waals surface area (Å²) in [7, 11) is 0. The van der Waals surface area contributed by atoms with Crippen LogP contribution in [0.3, 0.4) is 0 Å². The molecule has 1 unspecified atom stereocenters. The molecule has 2 aromatic heterocycles. The zero-order chi connectivity index (χ0) is 14.4. The third-order valence-electron chi connectivity index (χ3n) is 4.74. The second kappa shape index (κ2) is 4.66. The number of ether oxygens (including phenoxy) is 1. The number of nitrogens with one attached hydrogen (secondary N) is 1. The van der Waals surface area contributed by atoms with Crippen molar-refractivity contribution in [3.8, 4) is 0 Å². The van der Waals surface area contributed by atoms with Gasteiger partial charge in [-0.25, -0.2) is 15.0 Å². The van der Waals surface area contributed by atoms with Gasteiger partial charge < -0.3 is 14.6 Å². The van der Waals surface area contributed by atoms with Crippen LogP contribution < -0.4 is 5.32 Å². The van der Waals surface area contributed by atoms with Gasteiger partial charge in [0.15, 0.2) is 11.5 Å². The topological polar surface area (TPSA) is 64.9 Å². The lowest BCUT2D eigenvalue weighted by atomic mass is 9.91. The summed E-state index contributed by atoms with van der Waals surface area (Å²) in [6.45, 7) is 6.01. The minimum atomic E-state index is -0.0630. The molecule has 0 spiro atoms. The van der Waals surface area contributed by atoms with Crippen LogP contribution in [0.15, 0.2) is 12.7 Å². The van der Waals surface area contributed by atoms with E-state index in [1.54, 1.807) is 6.33 Å². The fraction of sp³-hybridized carbons (Fsp3) is 0.667. The summed E-state index contributed by atoms with van der Waals surface area (Å²) in [5, 5.41) is 3.45. The van der Waals surface area contributed by atoms with Gasteiger partial charge in [-0.2, -0.15) is 0 Å². The van der Waals surface area contributed by atoms with Crippen molar-refractivity contribution in [1.82, 2.24) is 19.5 Å². The van der Waals surface area contributed by atoms with Crippen molar-refractivity contribution in [3.63, 3.8) is 0 Å². The molecule has 0 aromatic carbocycles. The van der Waals surface area contributed by atoms with Gasteiger partial charge in [-0.3, -0.25) is 0 Å². The van der Waals surface area contributed by atoms with Gasteiger partial charge in [-0.1, -0.05) is 0 Å². The average molecular weight is 287 g/mol. The minimum absolute atomic E-state index is 0.0630. The first-order valence-corrected chi connectivity index (χ1v) is 7.70. The summed E-state index contributed by atoms with van der Waals surface area (Å²) < 4.78 is 7.95. The molecular weight excluding hydrogens is 266 g/mol. The Hall–Kier alpha value is -1.69. The molecule has 1 aliphatic carbocycles. The summed E-state index contributed by atoms with van der Waals surface area (Å²) in [5.41, 5.74) is 1.75. The van der Waals surface area contributed by atoms with Gasteiger partial charge in [-0.05, 0) is 33.1 Å². The van der Waals surface area contributed by atoms with Crippen LogP contribution in [-0.4, -0.2) is 38.3 Å². The minimum Gasteiger partial charge on any atom is -0.375 e. The molecule has 2 aromatic rings. The standard InChI is InChI=1S/C15H21N5O/c1-15(2)10(5-6-21-15)7-16-13-12-14(18-8-17-13)20(9-19-12)11-3-4-11/h8-11H,3-7H2,1-2H3,(H,16,17,18). The van der Waals surface area contributed by atoms with Gasteiger partial charge in [0.05, 0.1) is 11.9 Å². The molecule has 112 valence electrons.